The Labute approximate surface area is 140 Å². The summed E-state index contributed by atoms with van der Waals surface area (Å²) in [5.74, 6) is 0. The third-order valence-corrected chi connectivity index (χ3v) is 3.87. The molecule has 2 amide bonds. The van der Waals surface area contributed by atoms with Crippen LogP contribution in [0.2, 0.25) is 0 Å². The van der Waals surface area contributed by atoms with Gasteiger partial charge in [-0.05, 0) is 12.1 Å². The first-order valence-corrected chi connectivity index (χ1v) is 8.21. The molecule has 2 aromatic rings. The molecule has 1 aromatic heterocycles. The lowest BCUT2D eigenvalue weighted by molar-refractivity contribution is 0.127. The van der Waals surface area contributed by atoms with Crippen molar-refractivity contribution in [2.45, 2.75) is 0 Å². The second-order valence-electron chi connectivity index (χ2n) is 4.85. The van der Waals surface area contributed by atoms with Gasteiger partial charge in [0.15, 0.2) is 0 Å². The third-order valence-electron chi connectivity index (χ3n) is 3.28. The van der Waals surface area contributed by atoms with Gasteiger partial charge in [0.25, 0.3) is 0 Å². The highest BCUT2D eigenvalue weighted by Gasteiger charge is 2.13. The number of hydrogen-bond donors (Lipinski definition) is 1. The van der Waals surface area contributed by atoms with Crippen LogP contribution in [0.5, 0.6) is 0 Å². The fourth-order valence-electron chi connectivity index (χ4n) is 2.00. The quantitative estimate of drug-likeness (QED) is 0.805. The van der Waals surface area contributed by atoms with Crippen LogP contribution >= 0.6 is 11.3 Å². The Bertz CT molecular complexity index is 579. The predicted molar refractivity (Wildman–Crippen MR) is 91.9 cm³/mol. The summed E-state index contributed by atoms with van der Waals surface area (Å²) < 4.78 is 10.1. The Hall–Kier alpha value is -1.96. The van der Waals surface area contributed by atoms with E-state index in [0.717, 1.165) is 16.9 Å². The molecule has 7 heteroatoms. The molecule has 0 bridgehead atoms. The number of urea groups is 1. The molecular formula is C16H21N3O3S. The van der Waals surface area contributed by atoms with E-state index in [1.807, 2.05) is 29.6 Å². The number of carbonyl (C=O) groups excluding carboxylic acids is 1. The van der Waals surface area contributed by atoms with Crippen molar-refractivity contribution in [1.29, 1.82) is 0 Å². The second kappa shape index (κ2) is 9.24. The molecule has 0 saturated heterocycles. The summed E-state index contributed by atoms with van der Waals surface area (Å²) in [6.45, 7) is 2.00. The minimum Gasteiger partial charge on any atom is -0.383 e. The smallest absolute Gasteiger partial charge is 0.321 e. The molecule has 0 saturated carbocycles. The molecule has 0 aliphatic carbocycles. The summed E-state index contributed by atoms with van der Waals surface area (Å²) in [7, 11) is 3.23. The van der Waals surface area contributed by atoms with E-state index in [1.165, 1.54) is 0 Å². The van der Waals surface area contributed by atoms with Gasteiger partial charge in [-0.15, -0.1) is 11.3 Å². The van der Waals surface area contributed by atoms with Crippen molar-refractivity contribution in [2.75, 3.05) is 45.8 Å². The third kappa shape index (κ3) is 5.31. The zero-order valence-corrected chi connectivity index (χ0v) is 14.1. The van der Waals surface area contributed by atoms with Gasteiger partial charge < -0.3 is 19.7 Å². The standard InChI is InChI=1S/C16H21N3O3S/c1-21-9-7-19(8-10-22-2)16(20)18-14-5-3-13(4-6-14)15-11-23-12-17-15/h3-6,11-12H,7-10H2,1-2H3,(H,18,20). The number of aromatic nitrogens is 1. The van der Waals surface area contributed by atoms with Gasteiger partial charge >= 0.3 is 6.03 Å². The van der Waals surface area contributed by atoms with Gasteiger partial charge in [-0.2, -0.15) is 0 Å². The van der Waals surface area contributed by atoms with Gasteiger partial charge in [0.05, 0.1) is 24.4 Å². The van der Waals surface area contributed by atoms with Gasteiger partial charge in [0.2, 0.25) is 0 Å². The molecular weight excluding hydrogens is 314 g/mol. The van der Waals surface area contributed by atoms with Crippen LogP contribution in [0.4, 0.5) is 10.5 Å². The van der Waals surface area contributed by atoms with Crippen LogP contribution in [0, 0.1) is 0 Å². The highest BCUT2D eigenvalue weighted by Crippen LogP contribution is 2.21. The molecule has 0 aliphatic heterocycles. The maximum atomic E-state index is 12.3. The van der Waals surface area contributed by atoms with Crippen LogP contribution < -0.4 is 5.32 Å². The molecule has 0 aliphatic rings. The summed E-state index contributed by atoms with van der Waals surface area (Å²) in [6.07, 6.45) is 0. The molecule has 0 spiro atoms. The van der Waals surface area contributed by atoms with Crippen molar-refractivity contribution < 1.29 is 14.3 Å². The first-order chi connectivity index (χ1) is 11.2. The lowest BCUT2D eigenvalue weighted by Crippen LogP contribution is -2.39. The largest absolute Gasteiger partial charge is 0.383 e. The Kier molecular flexibility index (Phi) is 6.99. The molecule has 2 rings (SSSR count). The van der Waals surface area contributed by atoms with Crippen molar-refractivity contribution in [2.24, 2.45) is 0 Å². The van der Waals surface area contributed by atoms with Crippen molar-refractivity contribution in [1.82, 2.24) is 9.88 Å². The summed E-state index contributed by atoms with van der Waals surface area (Å²) in [4.78, 5) is 18.3. The number of hydrogen-bond acceptors (Lipinski definition) is 5. The van der Waals surface area contributed by atoms with Crippen LogP contribution in [-0.2, 0) is 9.47 Å². The Balaban J connectivity index is 1.96. The molecule has 1 aromatic carbocycles. The zero-order valence-electron chi connectivity index (χ0n) is 13.3. The number of benzene rings is 1. The average Bonchev–Trinajstić information content (AvgIpc) is 3.10. The molecule has 23 heavy (non-hydrogen) atoms. The van der Waals surface area contributed by atoms with Crippen LogP contribution in [-0.4, -0.2) is 56.4 Å². The van der Waals surface area contributed by atoms with Gasteiger partial charge in [0.1, 0.15) is 0 Å². The lowest BCUT2D eigenvalue weighted by atomic mass is 10.1. The van der Waals surface area contributed by atoms with E-state index in [-0.39, 0.29) is 6.03 Å². The number of ether oxygens (including phenoxy) is 2. The SMILES string of the molecule is COCCN(CCOC)C(=O)Nc1ccc(-c2cscn2)cc1. The number of thiazole rings is 1. The topological polar surface area (TPSA) is 63.7 Å². The van der Waals surface area contributed by atoms with Crippen LogP contribution in [0.15, 0.2) is 35.2 Å². The first-order valence-electron chi connectivity index (χ1n) is 7.27. The second-order valence-corrected chi connectivity index (χ2v) is 5.57. The summed E-state index contributed by atoms with van der Waals surface area (Å²) in [5.41, 5.74) is 4.51. The zero-order chi connectivity index (χ0) is 16.5. The van der Waals surface area contributed by atoms with Crippen molar-refractivity contribution in [3.8, 4) is 11.3 Å². The maximum Gasteiger partial charge on any atom is 0.321 e. The fraction of sp³-hybridized carbons (Fsp3) is 0.375. The van der Waals surface area contributed by atoms with Crippen LogP contribution in [0.25, 0.3) is 11.3 Å². The van der Waals surface area contributed by atoms with E-state index in [4.69, 9.17) is 9.47 Å². The van der Waals surface area contributed by atoms with E-state index >= 15 is 0 Å². The van der Waals surface area contributed by atoms with Crippen LogP contribution in [0.1, 0.15) is 0 Å². The number of nitrogens with zero attached hydrogens (tertiary/aromatic N) is 2. The number of anilines is 1. The van der Waals surface area contributed by atoms with Gasteiger partial charge in [-0.1, -0.05) is 12.1 Å². The van der Waals surface area contributed by atoms with Gasteiger partial charge in [-0.3, -0.25) is 0 Å². The van der Waals surface area contributed by atoms with Crippen molar-refractivity contribution >= 4 is 23.1 Å². The molecule has 0 radical (unpaired) electrons. The molecule has 1 N–H and O–H groups in total. The summed E-state index contributed by atoms with van der Waals surface area (Å²) >= 11 is 1.56. The van der Waals surface area contributed by atoms with Gasteiger partial charge in [-0.25, -0.2) is 9.78 Å². The number of carbonyl (C=O) groups is 1. The fourth-order valence-corrected chi connectivity index (χ4v) is 2.56. The molecule has 1 heterocycles. The van der Waals surface area contributed by atoms with Crippen molar-refractivity contribution in [3.63, 3.8) is 0 Å². The van der Waals surface area contributed by atoms with E-state index in [9.17, 15) is 4.79 Å². The molecule has 0 fully saturated rings. The predicted octanol–water partition coefficient (Wildman–Crippen LogP) is 2.94. The Morgan fingerprint density at radius 1 is 1.17 bits per heavy atom. The number of amides is 2. The number of rotatable bonds is 8. The highest BCUT2D eigenvalue weighted by atomic mass is 32.1. The minimum absolute atomic E-state index is 0.166. The number of methoxy groups -OCH3 is 2. The molecule has 0 atom stereocenters. The first kappa shape index (κ1) is 17.4. The maximum absolute atomic E-state index is 12.3. The van der Waals surface area contributed by atoms with Gasteiger partial charge in [0, 0.05) is 43.9 Å². The normalized spacial score (nSPS) is 10.5. The molecule has 0 unspecified atom stereocenters. The Morgan fingerprint density at radius 3 is 2.35 bits per heavy atom. The van der Waals surface area contributed by atoms with Crippen molar-refractivity contribution in [3.05, 3.63) is 35.2 Å². The van der Waals surface area contributed by atoms with Crippen LogP contribution in [0.3, 0.4) is 0 Å². The van der Waals surface area contributed by atoms with E-state index in [0.29, 0.717) is 26.3 Å². The van der Waals surface area contributed by atoms with E-state index in [2.05, 4.69) is 10.3 Å². The summed E-state index contributed by atoms with van der Waals surface area (Å²) in [5, 5.41) is 4.88. The average molecular weight is 335 g/mol. The monoisotopic (exact) mass is 335 g/mol. The Morgan fingerprint density at radius 2 is 1.83 bits per heavy atom. The molecule has 124 valence electrons. The minimum atomic E-state index is -0.166. The van der Waals surface area contributed by atoms with E-state index in [1.54, 1.807) is 36.0 Å². The van der Waals surface area contributed by atoms with E-state index < -0.39 is 0 Å². The highest BCUT2D eigenvalue weighted by molar-refractivity contribution is 7.07. The summed E-state index contributed by atoms with van der Waals surface area (Å²) in [6, 6.07) is 7.47. The molecule has 6 nitrogen and oxygen atoms in total. The lowest BCUT2D eigenvalue weighted by Gasteiger charge is -2.22. The number of nitrogens with one attached hydrogen (secondary N) is 1.